The van der Waals surface area contributed by atoms with E-state index >= 15 is 0 Å². The average Bonchev–Trinajstić information content (AvgIpc) is 2.94. The zero-order valence-corrected chi connectivity index (χ0v) is 15.1. The topological polar surface area (TPSA) is 20.2 Å². The number of thiophene rings is 1. The summed E-state index contributed by atoms with van der Waals surface area (Å²) in [4.78, 5) is 0. The molecule has 1 nitrogen and oxygen atoms in total. The average molecular weight is 307 g/mol. The van der Waals surface area contributed by atoms with Crippen LogP contribution in [0.15, 0.2) is 16.8 Å². The zero-order valence-electron chi connectivity index (χ0n) is 13.2. The molecule has 0 saturated heterocycles. The van der Waals surface area contributed by atoms with E-state index < -0.39 is 8.07 Å². The summed E-state index contributed by atoms with van der Waals surface area (Å²) in [5, 5.41) is 15.1. The summed E-state index contributed by atoms with van der Waals surface area (Å²) in [6, 6.07) is 2.14. The number of hydrogen-bond donors (Lipinski definition) is 1. The molecule has 110 valence electrons. The maximum Gasteiger partial charge on any atom is 0.137 e. The van der Waals surface area contributed by atoms with Gasteiger partial charge in [-0.05, 0) is 40.3 Å². The first-order valence-corrected chi connectivity index (χ1v) is 11.4. The molecule has 1 N–H and O–H groups in total. The lowest BCUT2D eigenvalue weighted by Gasteiger charge is -2.31. The lowest BCUT2D eigenvalue weighted by molar-refractivity contribution is 0.139. The number of aliphatic hydroxyl groups excluding tert-OH is 1. The molecule has 0 aliphatic heterocycles. The minimum absolute atomic E-state index is 0.161. The highest BCUT2D eigenvalue weighted by Crippen LogP contribution is 2.40. The summed E-state index contributed by atoms with van der Waals surface area (Å²) in [5.74, 6) is 3.89. The molecule has 1 aliphatic rings. The van der Waals surface area contributed by atoms with Crippen molar-refractivity contribution in [3.05, 3.63) is 22.4 Å². The molecule has 1 heterocycles. The fraction of sp³-hybridized carbons (Fsp3) is 0.647. The van der Waals surface area contributed by atoms with Crippen LogP contribution < -0.4 is 0 Å². The van der Waals surface area contributed by atoms with Gasteiger partial charge in [-0.1, -0.05) is 33.9 Å². The molecule has 20 heavy (non-hydrogen) atoms. The van der Waals surface area contributed by atoms with E-state index in [0.717, 1.165) is 12.8 Å². The Kier molecular flexibility index (Phi) is 4.49. The van der Waals surface area contributed by atoms with Crippen LogP contribution in [0, 0.1) is 17.4 Å². The van der Waals surface area contributed by atoms with E-state index in [1.54, 1.807) is 11.3 Å². The van der Waals surface area contributed by atoms with E-state index in [-0.39, 0.29) is 17.1 Å². The summed E-state index contributed by atoms with van der Waals surface area (Å²) in [6.07, 6.45) is 1.81. The van der Waals surface area contributed by atoms with E-state index in [4.69, 9.17) is 0 Å². The summed E-state index contributed by atoms with van der Waals surface area (Å²) < 4.78 is 0. The standard InChI is InChI=1S/C17H26OSSi/c1-17(2,3)20(4,5)11-9-13-6-7-15(16(13)18)14-8-10-19-12-14/h8,10,12-13,15-16,18H,6-7H2,1-5H3/t13-,15+,16-/m1/s1. The van der Waals surface area contributed by atoms with Crippen molar-refractivity contribution in [3.63, 3.8) is 0 Å². The van der Waals surface area contributed by atoms with Gasteiger partial charge in [-0.15, -0.1) is 11.5 Å². The van der Waals surface area contributed by atoms with Gasteiger partial charge in [0, 0.05) is 11.8 Å². The van der Waals surface area contributed by atoms with E-state index in [2.05, 4.69) is 62.2 Å². The molecule has 0 bridgehead atoms. The summed E-state index contributed by atoms with van der Waals surface area (Å²) in [6.45, 7) is 11.5. The van der Waals surface area contributed by atoms with Crippen molar-refractivity contribution >= 4 is 19.4 Å². The molecular weight excluding hydrogens is 280 g/mol. The SMILES string of the molecule is CC(C)(C)[Si](C)(C)C#C[C@H]1CC[C@@H](c2ccsc2)[C@@H]1O. The van der Waals surface area contributed by atoms with Crippen molar-refractivity contribution in [2.24, 2.45) is 5.92 Å². The highest BCUT2D eigenvalue weighted by molar-refractivity contribution is 7.08. The highest BCUT2D eigenvalue weighted by atomic mass is 32.1. The summed E-state index contributed by atoms with van der Waals surface area (Å²) in [7, 11) is -1.56. The second-order valence-electron chi connectivity index (χ2n) is 7.48. The van der Waals surface area contributed by atoms with Crippen molar-refractivity contribution in [2.75, 3.05) is 0 Å². The lowest BCUT2D eigenvalue weighted by Crippen LogP contribution is -2.36. The van der Waals surface area contributed by atoms with Gasteiger partial charge in [0.1, 0.15) is 8.07 Å². The largest absolute Gasteiger partial charge is 0.391 e. The van der Waals surface area contributed by atoms with Gasteiger partial charge in [0.25, 0.3) is 0 Å². The molecule has 0 radical (unpaired) electrons. The van der Waals surface area contributed by atoms with Gasteiger partial charge in [0.2, 0.25) is 0 Å². The monoisotopic (exact) mass is 306 g/mol. The molecule has 0 unspecified atom stereocenters. The smallest absolute Gasteiger partial charge is 0.137 e. The van der Waals surface area contributed by atoms with E-state index in [0.29, 0.717) is 5.92 Å². The molecule has 0 spiro atoms. The third-order valence-corrected chi connectivity index (χ3v) is 10.3. The number of rotatable bonds is 1. The molecule has 1 aromatic heterocycles. The Balaban J connectivity index is 2.10. The highest BCUT2D eigenvalue weighted by Gasteiger charge is 2.37. The molecule has 3 atom stereocenters. The molecule has 1 aromatic rings. The molecule has 0 aromatic carbocycles. The minimum Gasteiger partial charge on any atom is -0.391 e. The van der Waals surface area contributed by atoms with Crippen LogP contribution in [-0.2, 0) is 0 Å². The first-order chi connectivity index (χ1) is 9.22. The van der Waals surface area contributed by atoms with Crippen molar-refractivity contribution in [2.45, 2.75) is 63.8 Å². The van der Waals surface area contributed by atoms with Gasteiger partial charge in [0.05, 0.1) is 6.10 Å². The van der Waals surface area contributed by atoms with Gasteiger partial charge in [-0.25, -0.2) is 0 Å². The summed E-state index contributed by atoms with van der Waals surface area (Å²) in [5.41, 5.74) is 4.86. The second-order valence-corrected chi connectivity index (χ2v) is 13.3. The fourth-order valence-corrected chi connectivity index (χ4v) is 4.10. The maximum absolute atomic E-state index is 10.5. The number of aliphatic hydroxyl groups is 1. The Labute approximate surface area is 128 Å². The molecule has 2 rings (SSSR count). The van der Waals surface area contributed by atoms with Crippen LogP contribution >= 0.6 is 11.3 Å². The minimum atomic E-state index is -1.56. The zero-order chi connectivity index (χ0) is 15.0. The van der Waals surface area contributed by atoms with Crippen molar-refractivity contribution in [1.29, 1.82) is 0 Å². The Hall–Kier alpha value is -0.563. The van der Waals surface area contributed by atoms with Crippen molar-refractivity contribution < 1.29 is 5.11 Å². The van der Waals surface area contributed by atoms with Gasteiger partial charge in [0.15, 0.2) is 0 Å². The molecular formula is C17H26OSSi. The van der Waals surface area contributed by atoms with Crippen LogP contribution in [0.3, 0.4) is 0 Å². The van der Waals surface area contributed by atoms with E-state index in [9.17, 15) is 5.11 Å². The van der Waals surface area contributed by atoms with Crippen LogP contribution in [-0.4, -0.2) is 19.3 Å². The summed E-state index contributed by atoms with van der Waals surface area (Å²) >= 11 is 1.71. The molecule has 1 aliphatic carbocycles. The predicted molar refractivity (Wildman–Crippen MR) is 90.8 cm³/mol. The Morgan fingerprint density at radius 1 is 1.30 bits per heavy atom. The maximum atomic E-state index is 10.5. The predicted octanol–water partition coefficient (Wildman–Crippen LogP) is 4.65. The van der Waals surface area contributed by atoms with Gasteiger partial charge >= 0.3 is 0 Å². The van der Waals surface area contributed by atoms with E-state index in [1.807, 2.05) is 0 Å². The lowest BCUT2D eigenvalue weighted by atomic mass is 9.96. The molecule has 0 amide bonds. The van der Waals surface area contributed by atoms with Crippen LogP contribution in [0.25, 0.3) is 0 Å². The third kappa shape index (κ3) is 3.19. The van der Waals surface area contributed by atoms with Crippen LogP contribution in [0.4, 0.5) is 0 Å². The van der Waals surface area contributed by atoms with Gasteiger partial charge < -0.3 is 5.11 Å². The molecule has 3 heteroatoms. The Bertz CT molecular complexity index is 501. The van der Waals surface area contributed by atoms with E-state index in [1.165, 1.54) is 5.56 Å². The van der Waals surface area contributed by atoms with Crippen molar-refractivity contribution in [3.8, 4) is 11.5 Å². The second kappa shape index (κ2) is 5.67. The molecule has 1 fully saturated rings. The Morgan fingerprint density at radius 2 is 2.00 bits per heavy atom. The van der Waals surface area contributed by atoms with Crippen LogP contribution in [0.1, 0.15) is 45.1 Å². The van der Waals surface area contributed by atoms with Crippen molar-refractivity contribution in [1.82, 2.24) is 0 Å². The third-order valence-electron chi connectivity index (χ3n) is 5.03. The molecule has 1 saturated carbocycles. The van der Waals surface area contributed by atoms with Crippen LogP contribution in [0.5, 0.6) is 0 Å². The number of hydrogen-bond acceptors (Lipinski definition) is 2. The normalized spacial score (nSPS) is 27.2. The first-order valence-electron chi connectivity index (χ1n) is 7.45. The van der Waals surface area contributed by atoms with Gasteiger partial charge in [-0.2, -0.15) is 11.3 Å². The fourth-order valence-electron chi connectivity index (χ4n) is 2.45. The van der Waals surface area contributed by atoms with Gasteiger partial charge in [-0.3, -0.25) is 0 Å². The van der Waals surface area contributed by atoms with Crippen LogP contribution in [0.2, 0.25) is 18.1 Å². The quantitative estimate of drug-likeness (QED) is 0.591. The first kappa shape index (κ1) is 15.8. The Morgan fingerprint density at radius 3 is 2.55 bits per heavy atom.